The van der Waals surface area contributed by atoms with Crippen LogP contribution in [-0.2, 0) is 13.0 Å². The number of fused-ring (bicyclic) bond motifs is 2. The quantitative estimate of drug-likeness (QED) is 0.600. The molecule has 1 aliphatic heterocycles. The predicted molar refractivity (Wildman–Crippen MR) is 114 cm³/mol. The van der Waals surface area contributed by atoms with Crippen LogP contribution in [0.1, 0.15) is 42.3 Å². The van der Waals surface area contributed by atoms with E-state index in [4.69, 9.17) is 4.74 Å². The summed E-state index contributed by atoms with van der Waals surface area (Å²) in [7, 11) is 0. The van der Waals surface area contributed by atoms with Crippen LogP contribution in [0.15, 0.2) is 42.5 Å². The van der Waals surface area contributed by atoms with Gasteiger partial charge in [0.05, 0.1) is 23.9 Å². The highest BCUT2D eigenvalue weighted by Crippen LogP contribution is 2.42. The Morgan fingerprint density at radius 3 is 2.60 bits per heavy atom. The van der Waals surface area contributed by atoms with Gasteiger partial charge in [0.1, 0.15) is 23.3 Å². The Hall–Kier alpha value is -2.54. The zero-order valence-electron chi connectivity index (χ0n) is 17.4. The topological polar surface area (TPSA) is 74.6 Å². The van der Waals surface area contributed by atoms with Crippen LogP contribution in [0.25, 0.3) is 10.9 Å². The van der Waals surface area contributed by atoms with Crippen molar-refractivity contribution in [3.05, 3.63) is 70.7 Å². The smallest absolute Gasteiger partial charge is 0.131 e. The van der Waals surface area contributed by atoms with E-state index in [0.717, 1.165) is 33.3 Å². The Morgan fingerprint density at radius 2 is 1.90 bits per heavy atom. The van der Waals surface area contributed by atoms with Gasteiger partial charge in [0.25, 0.3) is 0 Å². The molecule has 30 heavy (non-hydrogen) atoms. The van der Waals surface area contributed by atoms with E-state index >= 15 is 0 Å². The molecule has 0 saturated carbocycles. The van der Waals surface area contributed by atoms with Gasteiger partial charge in [0.2, 0.25) is 0 Å². The maximum atomic E-state index is 13.1. The van der Waals surface area contributed by atoms with E-state index in [1.165, 1.54) is 12.1 Å². The Bertz CT molecular complexity index is 1070. The number of hydrogen-bond acceptors (Lipinski definition) is 5. The number of nitrogens with one attached hydrogen (secondary N) is 1. The first kappa shape index (κ1) is 20.7. The lowest BCUT2D eigenvalue weighted by molar-refractivity contribution is -0.0642. The van der Waals surface area contributed by atoms with Crippen LogP contribution in [0.3, 0.4) is 0 Å². The van der Waals surface area contributed by atoms with Crippen LogP contribution in [0.4, 0.5) is 4.39 Å². The summed E-state index contributed by atoms with van der Waals surface area (Å²) in [5, 5.41) is 24.9. The molecular formula is C24H27FN2O3. The number of aryl methyl sites for hydroxylation is 1. The van der Waals surface area contributed by atoms with Gasteiger partial charge in [-0.2, -0.15) is 0 Å². The van der Waals surface area contributed by atoms with Gasteiger partial charge in [-0.05, 0) is 75.2 Å². The zero-order valence-corrected chi connectivity index (χ0v) is 17.4. The van der Waals surface area contributed by atoms with Crippen molar-refractivity contribution in [1.29, 1.82) is 0 Å². The fourth-order valence-corrected chi connectivity index (χ4v) is 4.08. The summed E-state index contributed by atoms with van der Waals surface area (Å²) < 4.78 is 19.3. The van der Waals surface area contributed by atoms with Gasteiger partial charge in [0, 0.05) is 10.9 Å². The molecule has 0 radical (unpaired) electrons. The van der Waals surface area contributed by atoms with E-state index < -0.39 is 11.7 Å². The Balaban J connectivity index is 1.66. The predicted octanol–water partition coefficient (Wildman–Crippen LogP) is 3.58. The number of benzene rings is 2. The van der Waals surface area contributed by atoms with Crippen molar-refractivity contribution < 1.29 is 19.3 Å². The molecule has 2 heterocycles. The summed E-state index contributed by atoms with van der Waals surface area (Å²) >= 11 is 0. The number of hydrogen-bond donors (Lipinski definition) is 3. The summed E-state index contributed by atoms with van der Waals surface area (Å²) in [6.45, 7) is 6.22. The summed E-state index contributed by atoms with van der Waals surface area (Å²) in [4.78, 5) is 4.54. The van der Waals surface area contributed by atoms with E-state index in [1.807, 2.05) is 39.0 Å². The van der Waals surface area contributed by atoms with Crippen LogP contribution in [0.5, 0.6) is 5.75 Å². The number of aliphatic hydroxyl groups excluding tert-OH is 2. The number of aromatic nitrogens is 1. The molecular weight excluding hydrogens is 383 g/mol. The third-order valence-electron chi connectivity index (χ3n) is 5.79. The van der Waals surface area contributed by atoms with Gasteiger partial charge in [-0.25, -0.2) is 4.39 Å². The molecule has 4 rings (SSSR count). The van der Waals surface area contributed by atoms with E-state index in [2.05, 4.69) is 10.3 Å². The van der Waals surface area contributed by atoms with Gasteiger partial charge in [-0.1, -0.05) is 12.1 Å². The molecule has 0 amide bonds. The molecule has 1 aromatic heterocycles. The summed E-state index contributed by atoms with van der Waals surface area (Å²) in [6.07, 6.45) is -0.0579. The lowest BCUT2D eigenvalue weighted by atomic mass is 9.85. The first-order valence-corrected chi connectivity index (χ1v) is 10.2. The summed E-state index contributed by atoms with van der Waals surface area (Å²) in [5.41, 5.74) is 3.49. The third-order valence-corrected chi connectivity index (χ3v) is 5.79. The van der Waals surface area contributed by atoms with E-state index in [0.29, 0.717) is 18.7 Å². The van der Waals surface area contributed by atoms with Crippen LogP contribution >= 0.6 is 0 Å². The largest absolute Gasteiger partial charge is 0.485 e. The molecule has 0 fully saturated rings. The fraction of sp³-hybridized carbons (Fsp3) is 0.375. The molecule has 1 aliphatic rings. The maximum Gasteiger partial charge on any atom is 0.131 e. The van der Waals surface area contributed by atoms with Crippen molar-refractivity contribution in [1.82, 2.24) is 10.3 Å². The molecule has 2 aromatic carbocycles. The Kier molecular flexibility index (Phi) is 5.49. The van der Waals surface area contributed by atoms with E-state index in [-0.39, 0.29) is 18.5 Å². The van der Waals surface area contributed by atoms with Gasteiger partial charge in [0.15, 0.2) is 0 Å². The fourth-order valence-electron chi connectivity index (χ4n) is 4.08. The molecule has 0 aliphatic carbocycles. The number of pyridine rings is 1. The molecule has 2 unspecified atom stereocenters. The van der Waals surface area contributed by atoms with Crippen LogP contribution in [-0.4, -0.2) is 33.4 Å². The van der Waals surface area contributed by atoms with Gasteiger partial charge in [-0.15, -0.1) is 0 Å². The number of halogens is 1. The van der Waals surface area contributed by atoms with Crippen LogP contribution < -0.4 is 10.1 Å². The number of ether oxygens (including phenoxy) is 1. The van der Waals surface area contributed by atoms with Crippen LogP contribution in [0, 0.1) is 12.7 Å². The minimum absolute atomic E-state index is 0.126. The van der Waals surface area contributed by atoms with Crippen molar-refractivity contribution in [2.45, 2.75) is 51.5 Å². The molecule has 0 saturated heterocycles. The molecule has 2 atom stereocenters. The average molecular weight is 410 g/mol. The minimum atomic E-state index is -0.766. The second-order valence-electron chi connectivity index (χ2n) is 8.45. The van der Waals surface area contributed by atoms with Gasteiger partial charge < -0.3 is 20.3 Å². The Morgan fingerprint density at radius 1 is 1.17 bits per heavy atom. The summed E-state index contributed by atoms with van der Waals surface area (Å²) in [5.74, 6) is 0.470. The standard InChI is InChI=1S/C24H27FN2O3/c1-14-10-17(13-28)27-20-11-19-21(12-18(14)20)30-24(2,3)23(29)22(19)26-9-8-15-4-6-16(25)7-5-15/h4-7,10-12,22-23,26,28-29H,8-9,13H2,1-3H3. The van der Waals surface area contributed by atoms with Crippen molar-refractivity contribution in [2.75, 3.05) is 6.54 Å². The molecule has 3 N–H and O–H groups in total. The van der Waals surface area contributed by atoms with Gasteiger partial charge in [-0.3, -0.25) is 4.98 Å². The zero-order chi connectivity index (χ0) is 21.5. The van der Waals surface area contributed by atoms with Gasteiger partial charge >= 0.3 is 0 Å². The third kappa shape index (κ3) is 3.90. The molecule has 6 heteroatoms. The van der Waals surface area contributed by atoms with E-state index in [1.54, 1.807) is 12.1 Å². The molecule has 158 valence electrons. The monoisotopic (exact) mass is 410 g/mol. The first-order valence-electron chi connectivity index (χ1n) is 10.2. The minimum Gasteiger partial charge on any atom is -0.485 e. The lowest BCUT2D eigenvalue weighted by Crippen LogP contribution is -2.52. The molecule has 3 aromatic rings. The highest BCUT2D eigenvalue weighted by atomic mass is 19.1. The average Bonchev–Trinajstić information content (AvgIpc) is 2.71. The number of aliphatic hydroxyl groups is 2. The molecule has 5 nitrogen and oxygen atoms in total. The number of nitrogens with zero attached hydrogens (tertiary/aromatic N) is 1. The second-order valence-corrected chi connectivity index (χ2v) is 8.45. The number of rotatable bonds is 5. The maximum absolute atomic E-state index is 13.1. The lowest BCUT2D eigenvalue weighted by Gasteiger charge is -2.42. The Labute approximate surface area is 175 Å². The SMILES string of the molecule is Cc1cc(CO)nc2cc3c(cc12)OC(C)(C)C(O)C3NCCc1ccc(F)cc1. The van der Waals surface area contributed by atoms with Crippen molar-refractivity contribution >= 4 is 10.9 Å². The highest BCUT2D eigenvalue weighted by molar-refractivity contribution is 5.85. The first-order chi connectivity index (χ1) is 14.3. The second kappa shape index (κ2) is 7.95. The summed E-state index contributed by atoms with van der Waals surface area (Å²) in [6, 6.07) is 11.9. The normalized spacial score (nSPS) is 20.1. The van der Waals surface area contributed by atoms with E-state index in [9.17, 15) is 14.6 Å². The van der Waals surface area contributed by atoms with Crippen molar-refractivity contribution in [3.8, 4) is 5.75 Å². The highest BCUT2D eigenvalue weighted by Gasteiger charge is 2.42. The van der Waals surface area contributed by atoms with Crippen molar-refractivity contribution in [2.24, 2.45) is 0 Å². The van der Waals surface area contributed by atoms with Crippen LogP contribution in [0.2, 0.25) is 0 Å². The van der Waals surface area contributed by atoms with Crippen molar-refractivity contribution in [3.63, 3.8) is 0 Å². The molecule has 0 bridgehead atoms. The molecule has 0 spiro atoms.